The summed E-state index contributed by atoms with van der Waals surface area (Å²) in [5, 5.41) is 0. The van der Waals surface area contributed by atoms with E-state index in [4.69, 9.17) is 9.47 Å². The van der Waals surface area contributed by atoms with Crippen LogP contribution in [0.3, 0.4) is 0 Å². The van der Waals surface area contributed by atoms with E-state index in [-0.39, 0.29) is 16.6 Å². The molecule has 0 aromatic heterocycles. The topological polar surface area (TPSA) is 59.1 Å². The summed E-state index contributed by atoms with van der Waals surface area (Å²) in [6.45, 7) is 3.76. The highest BCUT2D eigenvalue weighted by molar-refractivity contribution is 7.89. The Morgan fingerprint density at radius 1 is 1.36 bits per heavy atom. The minimum atomic E-state index is -3.81. The summed E-state index contributed by atoms with van der Waals surface area (Å²) >= 11 is 0. The molecule has 25 heavy (non-hydrogen) atoms. The van der Waals surface area contributed by atoms with E-state index >= 15 is 0 Å². The summed E-state index contributed by atoms with van der Waals surface area (Å²) in [5.74, 6) is -0.209. The molecule has 142 valence electrons. The molecule has 0 aliphatic carbocycles. The Morgan fingerprint density at radius 3 is 2.80 bits per heavy atom. The molecule has 1 aliphatic heterocycles. The lowest BCUT2D eigenvalue weighted by Crippen LogP contribution is -2.42. The van der Waals surface area contributed by atoms with Crippen LogP contribution in [0.4, 0.5) is 4.39 Å². The van der Waals surface area contributed by atoms with Gasteiger partial charge in [0, 0.05) is 33.8 Å². The molecule has 1 unspecified atom stereocenters. The highest BCUT2D eigenvalue weighted by atomic mass is 32.2. The first-order chi connectivity index (χ1) is 11.9. The van der Waals surface area contributed by atoms with Gasteiger partial charge in [-0.2, -0.15) is 0 Å². The lowest BCUT2D eigenvalue weighted by molar-refractivity contribution is 0.110. The maximum absolute atomic E-state index is 13.5. The number of ether oxygens (including phenoxy) is 2. The van der Waals surface area contributed by atoms with Crippen LogP contribution in [0.5, 0.6) is 5.75 Å². The third kappa shape index (κ3) is 5.13. The largest absolute Gasteiger partial charge is 0.495 e. The molecule has 1 aromatic rings. The Kier molecular flexibility index (Phi) is 7.18. The summed E-state index contributed by atoms with van der Waals surface area (Å²) in [4.78, 5) is 2.16. The molecule has 0 N–H and O–H groups in total. The second-order valence-electron chi connectivity index (χ2n) is 6.38. The molecule has 1 heterocycles. The van der Waals surface area contributed by atoms with Crippen molar-refractivity contribution in [1.29, 1.82) is 0 Å². The van der Waals surface area contributed by atoms with Crippen molar-refractivity contribution >= 4 is 10.0 Å². The van der Waals surface area contributed by atoms with Crippen LogP contribution in [0.1, 0.15) is 12.8 Å². The van der Waals surface area contributed by atoms with Crippen LogP contribution >= 0.6 is 0 Å². The van der Waals surface area contributed by atoms with E-state index in [1.165, 1.54) is 30.6 Å². The fraction of sp³-hybridized carbons (Fsp3) is 0.647. The van der Waals surface area contributed by atoms with E-state index in [1.807, 2.05) is 0 Å². The van der Waals surface area contributed by atoms with Crippen molar-refractivity contribution in [3.63, 3.8) is 0 Å². The second-order valence-corrected chi connectivity index (χ2v) is 8.40. The first-order valence-corrected chi connectivity index (χ1v) is 9.83. The van der Waals surface area contributed by atoms with Gasteiger partial charge in [-0.1, -0.05) is 0 Å². The summed E-state index contributed by atoms with van der Waals surface area (Å²) in [6, 6.07) is 3.53. The van der Waals surface area contributed by atoms with Crippen LogP contribution in [0, 0.1) is 11.7 Å². The van der Waals surface area contributed by atoms with Gasteiger partial charge < -0.3 is 14.4 Å². The molecule has 8 heteroatoms. The first kappa shape index (κ1) is 20.1. The minimum absolute atomic E-state index is 0.135. The Hall–Kier alpha value is -1.22. The number of halogens is 1. The van der Waals surface area contributed by atoms with Crippen LogP contribution in [-0.2, 0) is 14.8 Å². The lowest BCUT2D eigenvalue weighted by atomic mass is 9.98. The Bertz CT molecular complexity index is 669. The van der Waals surface area contributed by atoms with Crippen molar-refractivity contribution in [2.75, 3.05) is 54.1 Å². The fourth-order valence-electron chi connectivity index (χ4n) is 3.21. The SMILES string of the molecule is COCCN1CCCC(CN(C)S(=O)(=O)c2cc(F)ccc2OC)C1. The van der Waals surface area contributed by atoms with E-state index < -0.39 is 15.8 Å². The molecule has 1 fully saturated rings. The van der Waals surface area contributed by atoms with Gasteiger partial charge in [0.1, 0.15) is 16.5 Å². The third-order valence-corrected chi connectivity index (χ3v) is 6.39. The van der Waals surface area contributed by atoms with Crippen LogP contribution in [0.25, 0.3) is 0 Å². The lowest BCUT2D eigenvalue weighted by Gasteiger charge is -2.34. The molecule has 1 saturated heterocycles. The minimum Gasteiger partial charge on any atom is -0.495 e. The second kappa shape index (κ2) is 8.93. The van der Waals surface area contributed by atoms with Gasteiger partial charge in [0.05, 0.1) is 13.7 Å². The van der Waals surface area contributed by atoms with E-state index in [0.29, 0.717) is 13.2 Å². The highest BCUT2D eigenvalue weighted by Gasteiger charge is 2.29. The number of sulfonamides is 1. The van der Waals surface area contributed by atoms with Gasteiger partial charge in [0.25, 0.3) is 0 Å². The van der Waals surface area contributed by atoms with Crippen LogP contribution in [-0.4, -0.2) is 71.7 Å². The highest BCUT2D eigenvalue weighted by Crippen LogP contribution is 2.28. The molecule has 0 amide bonds. The number of hydrogen-bond acceptors (Lipinski definition) is 5. The molecule has 0 bridgehead atoms. The predicted molar refractivity (Wildman–Crippen MR) is 93.8 cm³/mol. The standard InChI is InChI=1S/C17H27FN2O4S/c1-19(12-14-5-4-8-20(13-14)9-10-23-2)25(21,22)17-11-15(18)6-7-16(17)24-3/h6-7,11,14H,4-5,8-10,12-13H2,1-3H3. The maximum Gasteiger partial charge on any atom is 0.246 e. The number of likely N-dealkylation sites (tertiary alicyclic amines) is 1. The average Bonchev–Trinajstić information content (AvgIpc) is 2.60. The molecule has 0 spiro atoms. The van der Waals surface area contributed by atoms with Crippen molar-refractivity contribution in [3.8, 4) is 5.75 Å². The van der Waals surface area contributed by atoms with Crippen LogP contribution in [0.2, 0.25) is 0 Å². The van der Waals surface area contributed by atoms with Crippen molar-refractivity contribution in [2.45, 2.75) is 17.7 Å². The van der Waals surface area contributed by atoms with E-state index in [0.717, 1.165) is 38.5 Å². The predicted octanol–water partition coefficient (Wildman–Crippen LogP) is 1.81. The zero-order valence-electron chi connectivity index (χ0n) is 15.1. The van der Waals surface area contributed by atoms with Gasteiger partial charge in [0.15, 0.2) is 0 Å². The Morgan fingerprint density at radius 2 is 2.12 bits per heavy atom. The van der Waals surface area contributed by atoms with E-state index in [2.05, 4.69) is 4.90 Å². The number of nitrogens with zero attached hydrogens (tertiary/aromatic N) is 2. The van der Waals surface area contributed by atoms with Crippen molar-refractivity contribution in [3.05, 3.63) is 24.0 Å². The third-order valence-electron chi connectivity index (χ3n) is 4.54. The van der Waals surface area contributed by atoms with Crippen molar-refractivity contribution in [2.24, 2.45) is 5.92 Å². The summed E-state index contributed by atoms with van der Waals surface area (Å²) < 4.78 is 50.7. The van der Waals surface area contributed by atoms with Crippen molar-refractivity contribution in [1.82, 2.24) is 9.21 Å². The van der Waals surface area contributed by atoms with Gasteiger partial charge >= 0.3 is 0 Å². The fourth-order valence-corrected chi connectivity index (χ4v) is 4.62. The number of benzene rings is 1. The van der Waals surface area contributed by atoms with Gasteiger partial charge in [-0.25, -0.2) is 17.1 Å². The molecule has 0 saturated carbocycles. The maximum atomic E-state index is 13.5. The summed E-state index contributed by atoms with van der Waals surface area (Å²) in [6.07, 6.45) is 2.01. The monoisotopic (exact) mass is 374 g/mol. The normalized spacial score (nSPS) is 19.3. The van der Waals surface area contributed by atoms with Crippen LogP contribution in [0.15, 0.2) is 23.1 Å². The molecule has 6 nitrogen and oxygen atoms in total. The van der Waals surface area contributed by atoms with Gasteiger partial charge in [0.2, 0.25) is 10.0 Å². The number of methoxy groups -OCH3 is 2. The molecule has 1 aromatic carbocycles. The molecule has 2 rings (SSSR count). The Balaban J connectivity index is 2.09. The number of hydrogen-bond donors (Lipinski definition) is 0. The first-order valence-electron chi connectivity index (χ1n) is 8.39. The van der Waals surface area contributed by atoms with E-state index in [1.54, 1.807) is 7.11 Å². The smallest absolute Gasteiger partial charge is 0.246 e. The van der Waals surface area contributed by atoms with Gasteiger partial charge in [-0.05, 0) is 43.5 Å². The van der Waals surface area contributed by atoms with Gasteiger partial charge in [-0.15, -0.1) is 0 Å². The van der Waals surface area contributed by atoms with E-state index in [9.17, 15) is 12.8 Å². The summed E-state index contributed by atoms with van der Waals surface area (Å²) in [7, 11) is 0.773. The number of piperidine rings is 1. The zero-order chi connectivity index (χ0) is 18.4. The van der Waals surface area contributed by atoms with Crippen molar-refractivity contribution < 1.29 is 22.3 Å². The molecule has 1 aliphatic rings. The van der Waals surface area contributed by atoms with Crippen LogP contribution < -0.4 is 4.74 Å². The quantitative estimate of drug-likeness (QED) is 0.695. The average molecular weight is 374 g/mol. The molecule has 1 atom stereocenters. The zero-order valence-corrected chi connectivity index (χ0v) is 15.9. The summed E-state index contributed by atoms with van der Waals surface area (Å²) in [5.41, 5.74) is 0. The molecular weight excluding hydrogens is 347 g/mol. The molecular formula is C17H27FN2O4S. The molecule has 0 radical (unpaired) electrons. The van der Waals surface area contributed by atoms with Gasteiger partial charge in [-0.3, -0.25) is 0 Å². The Labute approximate surface area is 149 Å². The number of rotatable bonds is 8.